The summed E-state index contributed by atoms with van der Waals surface area (Å²) in [6, 6.07) is 19.5. The summed E-state index contributed by atoms with van der Waals surface area (Å²) < 4.78 is 24.0. The number of hydrogen-bond acceptors (Lipinski definition) is 7. The van der Waals surface area contributed by atoms with Gasteiger partial charge in [-0.2, -0.15) is 5.06 Å². The van der Waals surface area contributed by atoms with Gasteiger partial charge < -0.3 is 18.9 Å². The third kappa shape index (κ3) is 4.55. The second-order valence-electron chi connectivity index (χ2n) is 7.67. The molecular weight excluding hydrogens is 386 g/mol. The molecule has 2 bridgehead atoms. The van der Waals surface area contributed by atoms with Crippen molar-refractivity contribution in [1.29, 1.82) is 0 Å². The van der Waals surface area contributed by atoms with Crippen LogP contribution in [0.1, 0.15) is 18.1 Å². The second kappa shape index (κ2) is 9.24. The highest BCUT2D eigenvalue weighted by Gasteiger charge is 2.62. The monoisotopic (exact) mass is 413 g/mol. The Morgan fingerprint density at radius 3 is 2.33 bits per heavy atom. The van der Waals surface area contributed by atoms with E-state index in [9.17, 15) is 4.79 Å². The number of benzene rings is 2. The first-order valence-corrected chi connectivity index (χ1v) is 10.1. The SMILES string of the molecule is CC(=O)OC1OC2(COCc3ccccc3)CON(C)C1C2OCc1ccccc1. The molecule has 2 aliphatic heterocycles. The van der Waals surface area contributed by atoms with E-state index in [0.29, 0.717) is 13.2 Å². The second-order valence-corrected chi connectivity index (χ2v) is 7.67. The molecule has 4 rings (SSSR count). The van der Waals surface area contributed by atoms with Crippen molar-refractivity contribution in [3.8, 4) is 0 Å². The van der Waals surface area contributed by atoms with Crippen LogP contribution in [0.4, 0.5) is 0 Å². The van der Waals surface area contributed by atoms with Gasteiger partial charge in [0.25, 0.3) is 0 Å². The molecule has 2 fully saturated rings. The van der Waals surface area contributed by atoms with Gasteiger partial charge in [-0.15, -0.1) is 0 Å². The smallest absolute Gasteiger partial charge is 0.304 e. The van der Waals surface area contributed by atoms with Crippen LogP contribution >= 0.6 is 0 Å². The Hall–Kier alpha value is -2.29. The molecule has 7 heteroatoms. The number of nitrogens with zero attached hydrogens (tertiary/aromatic N) is 1. The molecule has 2 heterocycles. The summed E-state index contributed by atoms with van der Waals surface area (Å²) in [6.45, 7) is 2.71. The molecule has 2 saturated heterocycles. The van der Waals surface area contributed by atoms with Crippen molar-refractivity contribution in [1.82, 2.24) is 5.06 Å². The van der Waals surface area contributed by atoms with Crippen molar-refractivity contribution < 1.29 is 28.6 Å². The van der Waals surface area contributed by atoms with Crippen molar-refractivity contribution in [3.63, 3.8) is 0 Å². The first-order chi connectivity index (χ1) is 14.6. The summed E-state index contributed by atoms with van der Waals surface area (Å²) in [5, 5.41) is 1.66. The molecule has 4 atom stereocenters. The number of esters is 1. The fourth-order valence-corrected chi connectivity index (χ4v) is 3.94. The summed E-state index contributed by atoms with van der Waals surface area (Å²) in [4.78, 5) is 17.5. The highest BCUT2D eigenvalue weighted by Crippen LogP contribution is 2.41. The van der Waals surface area contributed by atoms with Crippen molar-refractivity contribution in [2.75, 3.05) is 20.3 Å². The molecule has 4 unspecified atom stereocenters. The van der Waals surface area contributed by atoms with E-state index in [2.05, 4.69) is 0 Å². The lowest BCUT2D eigenvalue weighted by Crippen LogP contribution is -2.60. The van der Waals surface area contributed by atoms with Gasteiger partial charge in [-0.05, 0) is 11.1 Å². The summed E-state index contributed by atoms with van der Waals surface area (Å²) in [5.74, 6) is -0.414. The maximum atomic E-state index is 11.7. The Bertz CT molecular complexity index is 832. The van der Waals surface area contributed by atoms with Crippen LogP contribution < -0.4 is 0 Å². The number of carbonyl (C=O) groups excluding carboxylic acids is 1. The van der Waals surface area contributed by atoms with Crippen molar-refractivity contribution in [2.45, 2.75) is 44.2 Å². The van der Waals surface area contributed by atoms with Gasteiger partial charge in [-0.1, -0.05) is 60.7 Å². The lowest BCUT2D eigenvalue weighted by Gasteiger charge is -2.41. The molecule has 30 heavy (non-hydrogen) atoms. The van der Waals surface area contributed by atoms with E-state index in [1.165, 1.54) is 6.92 Å². The van der Waals surface area contributed by atoms with Gasteiger partial charge >= 0.3 is 5.97 Å². The fraction of sp³-hybridized carbons (Fsp3) is 0.435. The van der Waals surface area contributed by atoms with Crippen LogP contribution in [0.5, 0.6) is 0 Å². The van der Waals surface area contributed by atoms with Crippen LogP contribution in [0.3, 0.4) is 0 Å². The van der Waals surface area contributed by atoms with E-state index >= 15 is 0 Å². The van der Waals surface area contributed by atoms with E-state index in [-0.39, 0.29) is 13.2 Å². The number of rotatable bonds is 8. The van der Waals surface area contributed by atoms with Gasteiger partial charge in [0.2, 0.25) is 6.29 Å². The average molecular weight is 413 g/mol. The minimum Gasteiger partial charge on any atom is -0.434 e. The summed E-state index contributed by atoms with van der Waals surface area (Å²) in [5.41, 5.74) is 1.24. The molecule has 2 aromatic carbocycles. The fourth-order valence-electron chi connectivity index (χ4n) is 3.94. The largest absolute Gasteiger partial charge is 0.434 e. The summed E-state index contributed by atoms with van der Waals surface area (Å²) in [6.07, 6.45) is -1.19. The van der Waals surface area contributed by atoms with Crippen LogP contribution in [0.15, 0.2) is 60.7 Å². The van der Waals surface area contributed by atoms with Gasteiger partial charge in [0, 0.05) is 14.0 Å². The van der Waals surface area contributed by atoms with Crippen LogP contribution in [-0.4, -0.2) is 55.3 Å². The highest BCUT2D eigenvalue weighted by molar-refractivity contribution is 5.66. The Balaban J connectivity index is 1.51. The molecular formula is C23H27NO6. The van der Waals surface area contributed by atoms with Gasteiger partial charge in [-0.25, -0.2) is 0 Å². The summed E-state index contributed by atoms with van der Waals surface area (Å²) in [7, 11) is 1.80. The van der Waals surface area contributed by atoms with Gasteiger partial charge in [0.05, 0.1) is 19.8 Å². The number of fused-ring (bicyclic) bond motifs is 2. The van der Waals surface area contributed by atoms with E-state index in [0.717, 1.165) is 11.1 Å². The third-order valence-corrected chi connectivity index (χ3v) is 5.40. The minimum absolute atomic E-state index is 0.242. The van der Waals surface area contributed by atoms with Crippen LogP contribution in [0.25, 0.3) is 0 Å². The van der Waals surface area contributed by atoms with Gasteiger partial charge in [-0.3, -0.25) is 9.63 Å². The lowest BCUT2D eigenvalue weighted by molar-refractivity contribution is -0.269. The first kappa shape index (κ1) is 21.0. The van der Waals surface area contributed by atoms with Crippen molar-refractivity contribution >= 4 is 5.97 Å². The molecule has 0 spiro atoms. The molecule has 0 saturated carbocycles. The number of likely N-dealkylation sites (N-methyl/N-ethyl adjacent to an activating group) is 1. The molecule has 0 aliphatic carbocycles. The Morgan fingerprint density at radius 2 is 1.70 bits per heavy atom. The Kier molecular flexibility index (Phi) is 6.46. The lowest BCUT2D eigenvalue weighted by atomic mass is 9.93. The highest BCUT2D eigenvalue weighted by atomic mass is 16.8. The van der Waals surface area contributed by atoms with Gasteiger partial charge in [0.15, 0.2) is 0 Å². The van der Waals surface area contributed by atoms with E-state index in [4.69, 9.17) is 23.8 Å². The van der Waals surface area contributed by atoms with Gasteiger partial charge in [0.1, 0.15) is 24.4 Å². The van der Waals surface area contributed by atoms with Crippen LogP contribution in [0, 0.1) is 0 Å². The molecule has 160 valence electrons. The van der Waals surface area contributed by atoms with Crippen LogP contribution in [-0.2, 0) is 41.8 Å². The van der Waals surface area contributed by atoms with Crippen molar-refractivity contribution in [3.05, 3.63) is 71.8 Å². The molecule has 2 aromatic rings. The zero-order chi connectivity index (χ0) is 21.0. The van der Waals surface area contributed by atoms with E-state index in [1.54, 1.807) is 12.1 Å². The number of hydroxylamine groups is 2. The quantitative estimate of drug-likeness (QED) is 0.617. The third-order valence-electron chi connectivity index (χ3n) is 5.40. The number of carbonyl (C=O) groups is 1. The van der Waals surface area contributed by atoms with E-state index in [1.807, 2.05) is 60.7 Å². The Labute approximate surface area is 176 Å². The first-order valence-electron chi connectivity index (χ1n) is 10.1. The molecule has 0 N–H and O–H groups in total. The normalized spacial score (nSPS) is 28.4. The Morgan fingerprint density at radius 1 is 1.07 bits per heavy atom. The van der Waals surface area contributed by atoms with Crippen molar-refractivity contribution in [2.24, 2.45) is 0 Å². The standard InChI is InChI=1S/C23H27NO6/c1-17(25)29-22-20-21(27-14-19-11-7-4-8-12-19)23(30-22,16-28-24(20)2)15-26-13-18-9-5-3-6-10-18/h3-12,20-22H,13-16H2,1-2H3. The van der Waals surface area contributed by atoms with Crippen LogP contribution in [0.2, 0.25) is 0 Å². The predicted molar refractivity (Wildman–Crippen MR) is 108 cm³/mol. The summed E-state index contributed by atoms with van der Waals surface area (Å²) >= 11 is 0. The number of hydrogen-bond donors (Lipinski definition) is 0. The average Bonchev–Trinajstić information content (AvgIpc) is 2.96. The van der Waals surface area contributed by atoms with E-state index < -0.39 is 30.0 Å². The topological polar surface area (TPSA) is 66.5 Å². The maximum Gasteiger partial charge on any atom is 0.304 e. The molecule has 7 nitrogen and oxygen atoms in total. The zero-order valence-electron chi connectivity index (χ0n) is 17.2. The molecule has 2 aliphatic rings. The number of ether oxygens (including phenoxy) is 4. The molecule has 0 radical (unpaired) electrons. The maximum absolute atomic E-state index is 11.7. The molecule has 0 aromatic heterocycles. The zero-order valence-corrected chi connectivity index (χ0v) is 17.2. The predicted octanol–water partition coefficient (Wildman–Crippen LogP) is 2.69. The minimum atomic E-state index is -0.874. The molecule has 0 amide bonds.